The minimum Gasteiger partial charge on any atom is -0.390 e. The monoisotopic (exact) mass is 309 g/mol. The SMILES string of the molecule is Cc1nc2ccccc2nc(C)c1=NOCc1ccc(F)cc1. The first-order valence-electron chi connectivity index (χ1n) is 7.28. The molecule has 0 aliphatic heterocycles. The van der Waals surface area contributed by atoms with E-state index in [4.69, 9.17) is 4.84 Å². The van der Waals surface area contributed by atoms with Crippen molar-refractivity contribution in [2.75, 3.05) is 0 Å². The van der Waals surface area contributed by atoms with Gasteiger partial charge in [0.25, 0.3) is 0 Å². The van der Waals surface area contributed by atoms with Crippen molar-refractivity contribution in [3.8, 4) is 0 Å². The molecule has 116 valence electrons. The topological polar surface area (TPSA) is 47.4 Å². The molecule has 0 unspecified atom stereocenters. The Morgan fingerprint density at radius 3 is 2.04 bits per heavy atom. The van der Waals surface area contributed by atoms with Crippen LogP contribution in [0.4, 0.5) is 4.39 Å². The minimum absolute atomic E-state index is 0.261. The number of aryl methyl sites for hydroxylation is 2. The summed E-state index contributed by atoms with van der Waals surface area (Å²) in [6, 6.07) is 13.8. The molecule has 2 aromatic carbocycles. The third-order valence-electron chi connectivity index (χ3n) is 3.44. The lowest BCUT2D eigenvalue weighted by atomic mass is 10.2. The highest BCUT2D eigenvalue weighted by Gasteiger charge is 2.02. The zero-order chi connectivity index (χ0) is 16.2. The van der Waals surface area contributed by atoms with E-state index < -0.39 is 0 Å². The number of aromatic nitrogens is 2. The fourth-order valence-electron chi connectivity index (χ4n) is 2.27. The van der Waals surface area contributed by atoms with Crippen LogP contribution in [0.3, 0.4) is 0 Å². The predicted molar refractivity (Wildman–Crippen MR) is 85.8 cm³/mol. The van der Waals surface area contributed by atoms with E-state index in [0.717, 1.165) is 28.0 Å². The van der Waals surface area contributed by atoms with E-state index in [1.54, 1.807) is 12.1 Å². The zero-order valence-electron chi connectivity index (χ0n) is 13.0. The highest BCUT2D eigenvalue weighted by atomic mass is 19.1. The molecule has 5 heteroatoms. The van der Waals surface area contributed by atoms with Crippen LogP contribution in [0, 0.1) is 19.7 Å². The summed E-state index contributed by atoms with van der Waals surface area (Å²) in [6.45, 7) is 4.01. The number of hydrogen-bond acceptors (Lipinski definition) is 4. The summed E-state index contributed by atoms with van der Waals surface area (Å²) in [5.41, 5.74) is 3.96. The first-order chi connectivity index (χ1) is 11.1. The Balaban J connectivity index is 1.93. The summed E-state index contributed by atoms with van der Waals surface area (Å²) < 4.78 is 12.9. The Labute approximate surface area is 133 Å². The summed E-state index contributed by atoms with van der Waals surface area (Å²) in [5, 5.41) is 4.78. The van der Waals surface area contributed by atoms with E-state index in [9.17, 15) is 4.39 Å². The Morgan fingerprint density at radius 2 is 1.48 bits per heavy atom. The fourth-order valence-corrected chi connectivity index (χ4v) is 2.27. The van der Waals surface area contributed by atoms with E-state index in [0.29, 0.717) is 5.36 Å². The molecule has 0 atom stereocenters. The Bertz CT molecular complexity index is 861. The van der Waals surface area contributed by atoms with Crippen LogP contribution < -0.4 is 5.36 Å². The molecule has 0 bridgehead atoms. The summed E-state index contributed by atoms with van der Waals surface area (Å²) in [5.74, 6) is -0.271. The van der Waals surface area contributed by atoms with Crippen LogP contribution in [0.15, 0.2) is 53.7 Å². The maximum Gasteiger partial charge on any atom is 0.145 e. The maximum absolute atomic E-state index is 12.9. The average Bonchev–Trinajstić information content (AvgIpc) is 2.66. The van der Waals surface area contributed by atoms with Crippen LogP contribution in [0.25, 0.3) is 11.0 Å². The molecule has 0 saturated heterocycles. The highest BCUT2D eigenvalue weighted by molar-refractivity contribution is 5.73. The molecule has 0 amide bonds. The van der Waals surface area contributed by atoms with Gasteiger partial charge in [-0.05, 0) is 43.7 Å². The van der Waals surface area contributed by atoms with Crippen LogP contribution in [0.2, 0.25) is 0 Å². The number of hydrogen-bond donors (Lipinski definition) is 0. The summed E-state index contributed by atoms with van der Waals surface area (Å²) in [4.78, 5) is 14.5. The molecule has 3 aromatic rings. The molecule has 3 rings (SSSR count). The molecule has 1 aromatic heterocycles. The first-order valence-corrected chi connectivity index (χ1v) is 7.28. The third-order valence-corrected chi connectivity index (χ3v) is 3.44. The predicted octanol–water partition coefficient (Wildman–Crippen LogP) is 3.42. The number of fused-ring (bicyclic) bond motifs is 1. The molecule has 0 fully saturated rings. The normalized spacial score (nSPS) is 10.6. The second kappa shape index (κ2) is 6.52. The number of nitrogens with zero attached hydrogens (tertiary/aromatic N) is 3. The number of benzene rings is 2. The summed E-state index contributed by atoms with van der Waals surface area (Å²) >= 11 is 0. The minimum atomic E-state index is -0.271. The first kappa shape index (κ1) is 15.1. The van der Waals surface area contributed by atoms with Crippen LogP contribution in [-0.2, 0) is 11.4 Å². The van der Waals surface area contributed by atoms with Gasteiger partial charge >= 0.3 is 0 Å². The van der Waals surface area contributed by atoms with Crippen molar-refractivity contribution < 1.29 is 9.23 Å². The van der Waals surface area contributed by atoms with Gasteiger partial charge in [-0.2, -0.15) is 0 Å². The molecule has 23 heavy (non-hydrogen) atoms. The van der Waals surface area contributed by atoms with Crippen molar-refractivity contribution in [3.05, 3.63) is 76.7 Å². The second-order valence-electron chi connectivity index (χ2n) is 5.22. The Hall–Kier alpha value is -2.82. The molecule has 0 saturated carbocycles. The van der Waals surface area contributed by atoms with E-state index in [1.165, 1.54) is 12.1 Å². The fraction of sp³-hybridized carbons (Fsp3) is 0.167. The second-order valence-corrected chi connectivity index (χ2v) is 5.22. The molecule has 0 aliphatic rings. The molecular weight excluding hydrogens is 293 g/mol. The maximum atomic E-state index is 12.9. The third kappa shape index (κ3) is 3.51. The molecular formula is C18H16FN3O. The van der Waals surface area contributed by atoms with Gasteiger partial charge in [-0.1, -0.05) is 29.4 Å². The van der Waals surface area contributed by atoms with Gasteiger partial charge in [-0.15, -0.1) is 0 Å². The van der Waals surface area contributed by atoms with Crippen LogP contribution in [0.5, 0.6) is 0 Å². The molecule has 0 aliphatic carbocycles. The van der Waals surface area contributed by atoms with Crippen LogP contribution in [0.1, 0.15) is 17.0 Å². The van der Waals surface area contributed by atoms with Crippen LogP contribution >= 0.6 is 0 Å². The largest absolute Gasteiger partial charge is 0.390 e. The summed E-state index contributed by atoms with van der Waals surface area (Å²) in [6.07, 6.45) is 0. The van der Waals surface area contributed by atoms with Gasteiger partial charge in [0.15, 0.2) is 0 Å². The Kier molecular flexibility index (Phi) is 4.28. The van der Waals surface area contributed by atoms with E-state index in [2.05, 4.69) is 15.1 Å². The quantitative estimate of drug-likeness (QED) is 0.697. The van der Waals surface area contributed by atoms with Crippen molar-refractivity contribution in [2.45, 2.75) is 20.5 Å². The van der Waals surface area contributed by atoms with Crippen molar-refractivity contribution in [1.29, 1.82) is 0 Å². The number of halogens is 1. The van der Waals surface area contributed by atoms with Gasteiger partial charge in [-0.25, -0.2) is 14.4 Å². The van der Waals surface area contributed by atoms with Gasteiger partial charge in [0.2, 0.25) is 0 Å². The van der Waals surface area contributed by atoms with Crippen molar-refractivity contribution in [1.82, 2.24) is 9.97 Å². The van der Waals surface area contributed by atoms with E-state index in [1.807, 2.05) is 38.1 Å². The molecule has 0 spiro atoms. The molecule has 4 nitrogen and oxygen atoms in total. The lowest BCUT2D eigenvalue weighted by Gasteiger charge is -1.99. The van der Waals surface area contributed by atoms with Crippen molar-refractivity contribution in [3.63, 3.8) is 0 Å². The van der Waals surface area contributed by atoms with Crippen molar-refractivity contribution in [2.24, 2.45) is 5.16 Å². The Morgan fingerprint density at radius 1 is 0.913 bits per heavy atom. The zero-order valence-corrected chi connectivity index (χ0v) is 13.0. The van der Waals surface area contributed by atoms with Gasteiger partial charge < -0.3 is 4.84 Å². The highest BCUT2D eigenvalue weighted by Crippen LogP contribution is 2.07. The molecule has 0 radical (unpaired) electrons. The van der Waals surface area contributed by atoms with Gasteiger partial charge in [0.1, 0.15) is 17.8 Å². The van der Waals surface area contributed by atoms with Crippen molar-refractivity contribution >= 4 is 11.0 Å². The lowest BCUT2D eigenvalue weighted by Crippen LogP contribution is -2.11. The van der Waals surface area contributed by atoms with E-state index >= 15 is 0 Å². The average molecular weight is 309 g/mol. The smallest absolute Gasteiger partial charge is 0.145 e. The van der Waals surface area contributed by atoms with Gasteiger partial charge in [0, 0.05) is 0 Å². The van der Waals surface area contributed by atoms with Crippen LogP contribution in [-0.4, -0.2) is 9.97 Å². The van der Waals surface area contributed by atoms with Gasteiger partial charge in [0.05, 0.1) is 22.4 Å². The number of para-hydroxylation sites is 2. The molecule has 0 N–H and O–H groups in total. The number of rotatable bonds is 3. The molecule has 1 heterocycles. The lowest BCUT2D eigenvalue weighted by molar-refractivity contribution is 0.119. The van der Waals surface area contributed by atoms with Gasteiger partial charge in [-0.3, -0.25) is 0 Å². The standard InChI is InChI=1S/C18H16FN3O/c1-12-18(22-23-11-14-7-9-15(19)10-8-14)13(2)21-17-6-4-3-5-16(17)20-12/h3-10H,11H2,1-2H3. The van der Waals surface area contributed by atoms with E-state index in [-0.39, 0.29) is 12.4 Å². The summed E-state index contributed by atoms with van der Waals surface area (Å²) in [7, 11) is 0.